The topological polar surface area (TPSA) is 109 Å². The second kappa shape index (κ2) is 14.4. The fourth-order valence-corrected chi connectivity index (χ4v) is 5.60. The maximum atomic E-state index is 12.9. The zero-order valence-electron chi connectivity index (χ0n) is 22.3. The minimum atomic E-state index is -1.83. The van der Waals surface area contributed by atoms with Crippen LogP contribution in [0.1, 0.15) is 37.2 Å². The molecule has 2 saturated heterocycles. The fraction of sp³-hybridized carbons (Fsp3) is 0.464. The van der Waals surface area contributed by atoms with E-state index < -0.39 is 58.5 Å². The van der Waals surface area contributed by atoms with E-state index in [1.54, 1.807) is 0 Å². The minimum absolute atomic E-state index is 0.0116. The Hall–Kier alpha value is -2.05. The molecule has 0 saturated carbocycles. The van der Waals surface area contributed by atoms with Crippen molar-refractivity contribution >= 4 is 64.4 Å². The molecule has 0 aliphatic carbocycles. The Morgan fingerprint density at radius 2 is 1.73 bits per heavy atom. The number of esters is 1. The standard InChI is InChI=1S/C28H30Cl3NO8S/c1-16-8-11-19(12-9-16)41-26-22(32-27(35)37-15-28(29,30)31)24(39-21(34)13-10-17(2)33)23-20(38-26)14-36-25(40-23)18-6-4-3-5-7-18/h3-9,11-12,20,22-26H,10,13-15H2,1-2H3,(H,32,35)/t20-,22-,23-,24-,25?,26+/m1/s1. The van der Waals surface area contributed by atoms with E-state index in [2.05, 4.69) is 5.32 Å². The number of Topliss-reactive ketones (excluding diaryl/α,β-unsaturated/α-hetero) is 1. The Kier molecular flexibility index (Phi) is 11.2. The quantitative estimate of drug-likeness (QED) is 0.272. The second-order valence-electron chi connectivity index (χ2n) is 9.67. The molecule has 41 heavy (non-hydrogen) atoms. The van der Waals surface area contributed by atoms with Gasteiger partial charge >= 0.3 is 12.1 Å². The molecule has 6 atom stereocenters. The van der Waals surface area contributed by atoms with E-state index in [0.717, 1.165) is 16.0 Å². The van der Waals surface area contributed by atoms with Gasteiger partial charge in [-0.25, -0.2) is 4.79 Å². The average Bonchev–Trinajstić information content (AvgIpc) is 2.93. The number of amides is 1. The lowest BCUT2D eigenvalue weighted by molar-refractivity contribution is -0.308. The average molecular weight is 647 g/mol. The van der Waals surface area contributed by atoms with Crippen LogP contribution in [0.25, 0.3) is 0 Å². The number of ketones is 1. The highest BCUT2D eigenvalue weighted by Gasteiger charge is 2.53. The van der Waals surface area contributed by atoms with Gasteiger partial charge in [0.15, 0.2) is 12.4 Å². The molecule has 1 unspecified atom stereocenters. The first-order valence-corrected chi connectivity index (χ1v) is 14.9. The number of carbonyl (C=O) groups excluding carboxylic acids is 3. The molecule has 2 fully saturated rings. The summed E-state index contributed by atoms with van der Waals surface area (Å²) in [4.78, 5) is 38.2. The first-order chi connectivity index (χ1) is 19.5. The van der Waals surface area contributed by atoms with Crippen molar-refractivity contribution in [2.24, 2.45) is 0 Å². The monoisotopic (exact) mass is 645 g/mol. The van der Waals surface area contributed by atoms with Gasteiger partial charge in [-0.1, -0.05) is 94.6 Å². The minimum Gasteiger partial charge on any atom is -0.457 e. The number of thioether (sulfide) groups is 1. The predicted octanol–water partition coefficient (Wildman–Crippen LogP) is 5.67. The molecule has 0 spiro atoms. The molecule has 2 heterocycles. The summed E-state index contributed by atoms with van der Waals surface area (Å²) in [6.07, 6.45) is -4.30. The molecule has 1 amide bonds. The van der Waals surface area contributed by atoms with E-state index in [4.69, 9.17) is 58.5 Å². The van der Waals surface area contributed by atoms with Crippen molar-refractivity contribution in [3.05, 3.63) is 65.7 Å². The number of rotatable bonds is 9. The molecule has 0 bridgehead atoms. The number of ether oxygens (including phenoxy) is 5. The van der Waals surface area contributed by atoms with Crippen LogP contribution in [0.4, 0.5) is 4.79 Å². The van der Waals surface area contributed by atoms with Crippen molar-refractivity contribution in [2.75, 3.05) is 13.2 Å². The summed E-state index contributed by atoms with van der Waals surface area (Å²) in [5, 5.41) is 2.73. The van der Waals surface area contributed by atoms with Crippen molar-refractivity contribution in [3.63, 3.8) is 0 Å². The molecule has 13 heteroatoms. The molecule has 0 aromatic heterocycles. The van der Waals surface area contributed by atoms with Crippen LogP contribution in [-0.2, 0) is 33.3 Å². The van der Waals surface area contributed by atoms with Crippen LogP contribution in [0.5, 0.6) is 0 Å². The molecule has 2 aromatic rings. The van der Waals surface area contributed by atoms with E-state index >= 15 is 0 Å². The van der Waals surface area contributed by atoms with Crippen LogP contribution in [0.15, 0.2) is 59.5 Å². The number of alkyl halides is 3. The van der Waals surface area contributed by atoms with Gasteiger partial charge in [-0.05, 0) is 26.0 Å². The van der Waals surface area contributed by atoms with Gasteiger partial charge in [0, 0.05) is 16.9 Å². The van der Waals surface area contributed by atoms with Gasteiger partial charge in [-0.15, -0.1) is 0 Å². The molecular weight excluding hydrogens is 617 g/mol. The molecule has 0 radical (unpaired) electrons. The van der Waals surface area contributed by atoms with Crippen molar-refractivity contribution in [1.29, 1.82) is 0 Å². The van der Waals surface area contributed by atoms with Crippen molar-refractivity contribution in [2.45, 2.75) is 71.5 Å². The van der Waals surface area contributed by atoms with Crippen molar-refractivity contribution in [1.82, 2.24) is 5.32 Å². The van der Waals surface area contributed by atoms with E-state index in [9.17, 15) is 14.4 Å². The maximum absolute atomic E-state index is 12.9. The zero-order valence-corrected chi connectivity index (χ0v) is 25.4. The molecule has 2 aliphatic heterocycles. The molecule has 2 aromatic carbocycles. The Labute approximate surface area is 257 Å². The van der Waals surface area contributed by atoms with Crippen LogP contribution >= 0.6 is 46.6 Å². The Bertz CT molecular complexity index is 1200. The van der Waals surface area contributed by atoms with Gasteiger partial charge in [0.1, 0.15) is 36.1 Å². The zero-order chi connectivity index (χ0) is 29.6. The SMILES string of the molecule is CC(=O)CCC(=O)O[C@@H]1[C@@H](NC(=O)OCC(Cl)(Cl)Cl)[C@H](Sc2ccc(C)cc2)O[C@@H]2COC(c3ccccc3)O[C@@H]12. The maximum Gasteiger partial charge on any atom is 0.407 e. The number of carbonyl (C=O) groups is 3. The number of alkyl carbamates (subject to hydrolysis) is 1. The fourth-order valence-electron chi connectivity index (χ4n) is 4.31. The summed E-state index contributed by atoms with van der Waals surface area (Å²) in [6, 6.07) is 16.0. The number of halogens is 3. The highest BCUT2D eigenvalue weighted by atomic mass is 35.6. The van der Waals surface area contributed by atoms with Gasteiger partial charge < -0.3 is 33.8 Å². The number of hydrogen-bond donors (Lipinski definition) is 1. The number of nitrogens with one attached hydrogen (secondary N) is 1. The predicted molar refractivity (Wildman–Crippen MR) is 154 cm³/mol. The van der Waals surface area contributed by atoms with Crippen molar-refractivity contribution in [3.8, 4) is 0 Å². The van der Waals surface area contributed by atoms with E-state index in [0.29, 0.717) is 0 Å². The molecule has 1 N–H and O–H groups in total. The third kappa shape index (κ3) is 9.47. The summed E-state index contributed by atoms with van der Waals surface area (Å²) in [6.45, 7) is 2.99. The van der Waals surface area contributed by atoms with E-state index in [-0.39, 0.29) is 25.2 Å². The highest BCUT2D eigenvalue weighted by molar-refractivity contribution is 7.99. The highest BCUT2D eigenvalue weighted by Crippen LogP contribution is 2.40. The smallest absolute Gasteiger partial charge is 0.407 e. The van der Waals surface area contributed by atoms with Crippen LogP contribution in [0, 0.1) is 6.92 Å². The van der Waals surface area contributed by atoms with Gasteiger partial charge in [0.05, 0.1) is 13.0 Å². The van der Waals surface area contributed by atoms with Crippen LogP contribution < -0.4 is 5.32 Å². The molecular formula is C28H30Cl3NO8S. The van der Waals surface area contributed by atoms with Crippen LogP contribution in [0.2, 0.25) is 0 Å². The summed E-state index contributed by atoms with van der Waals surface area (Å²) >= 11 is 18.6. The lowest BCUT2D eigenvalue weighted by atomic mass is 9.96. The number of aryl methyl sites for hydroxylation is 1. The number of benzene rings is 2. The first kappa shape index (κ1) is 31.9. The van der Waals surface area contributed by atoms with Gasteiger partial charge in [0.2, 0.25) is 3.79 Å². The largest absolute Gasteiger partial charge is 0.457 e. The number of hydrogen-bond acceptors (Lipinski definition) is 9. The molecule has 2 aliphatic rings. The van der Waals surface area contributed by atoms with Gasteiger partial charge in [-0.3, -0.25) is 4.79 Å². The van der Waals surface area contributed by atoms with Crippen LogP contribution in [0.3, 0.4) is 0 Å². The van der Waals surface area contributed by atoms with E-state index in [1.807, 2.05) is 61.5 Å². The van der Waals surface area contributed by atoms with Crippen molar-refractivity contribution < 1.29 is 38.1 Å². The molecule has 4 rings (SSSR count). The second-order valence-corrected chi connectivity index (χ2v) is 13.4. The Balaban J connectivity index is 1.64. The Morgan fingerprint density at radius 1 is 1.02 bits per heavy atom. The third-order valence-corrected chi connectivity index (χ3v) is 7.79. The van der Waals surface area contributed by atoms with E-state index in [1.165, 1.54) is 18.7 Å². The summed E-state index contributed by atoms with van der Waals surface area (Å²) in [5.41, 5.74) is 1.07. The Morgan fingerprint density at radius 3 is 2.39 bits per heavy atom. The summed E-state index contributed by atoms with van der Waals surface area (Å²) < 4.78 is 27.9. The lowest BCUT2D eigenvalue weighted by Crippen LogP contribution is -2.66. The normalized spacial score (nSPS) is 26.0. The first-order valence-electron chi connectivity index (χ1n) is 12.9. The van der Waals surface area contributed by atoms with Gasteiger partial charge in [-0.2, -0.15) is 0 Å². The molecule has 222 valence electrons. The van der Waals surface area contributed by atoms with Gasteiger partial charge in [0.25, 0.3) is 0 Å². The number of fused-ring (bicyclic) bond motifs is 1. The summed E-state index contributed by atoms with van der Waals surface area (Å²) in [7, 11) is 0. The summed E-state index contributed by atoms with van der Waals surface area (Å²) in [5.74, 6) is -0.784. The molecule has 9 nitrogen and oxygen atoms in total. The van der Waals surface area contributed by atoms with Crippen LogP contribution in [-0.4, -0.2) is 64.6 Å². The third-order valence-electron chi connectivity index (χ3n) is 6.28. The lowest BCUT2D eigenvalue weighted by Gasteiger charge is -2.48.